The number of rotatable bonds is 3. The summed E-state index contributed by atoms with van der Waals surface area (Å²) >= 11 is 0. The van der Waals surface area contributed by atoms with E-state index >= 15 is 0 Å². The maximum atomic E-state index is 12.0. The van der Waals surface area contributed by atoms with Gasteiger partial charge in [0.25, 0.3) is 5.91 Å². The van der Waals surface area contributed by atoms with Gasteiger partial charge in [0.2, 0.25) is 0 Å². The lowest BCUT2D eigenvalue weighted by molar-refractivity contribution is 0.0779. The number of aryl methyl sites for hydroxylation is 1. The SMILES string of the molecule is Cc1occc1CN(C)C(=O)c1cc(N)n[nH]1. The van der Waals surface area contributed by atoms with Crippen molar-refractivity contribution in [3.05, 3.63) is 35.4 Å². The second-order valence-corrected chi connectivity index (χ2v) is 3.87. The van der Waals surface area contributed by atoms with Crippen molar-refractivity contribution in [1.82, 2.24) is 15.1 Å². The summed E-state index contributed by atoms with van der Waals surface area (Å²) in [6.45, 7) is 2.35. The molecule has 1 amide bonds. The van der Waals surface area contributed by atoms with Gasteiger partial charge in [-0.05, 0) is 13.0 Å². The molecule has 90 valence electrons. The minimum Gasteiger partial charge on any atom is -0.469 e. The molecule has 0 saturated heterocycles. The minimum absolute atomic E-state index is 0.158. The van der Waals surface area contributed by atoms with Gasteiger partial charge in [-0.1, -0.05) is 0 Å². The predicted molar refractivity (Wildman–Crippen MR) is 62.2 cm³/mol. The van der Waals surface area contributed by atoms with Crippen LogP contribution in [0.5, 0.6) is 0 Å². The molecular weight excluding hydrogens is 220 g/mol. The Kier molecular flexibility index (Phi) is 2.86. The molecular formula is C11H14N4O2. The summed E-state index contributed by atoms with van der Waals surface area (Å²) in [6.07, 6.45) is 1.61. The molecule has 0 aliphatic heterocycles. The van der Waals surface area contributed by atoms with Crippen LogP contribution in [0.25, 0.3) is 0 Å². The summed E-state index contributed by atoms with van der Waals surface area (Å²) in [5.41, 5.74) is 6.81. The smallest absolute Gasteiger partial charge is 0.271 e. The van der Waals surface area contributed by atoms with Crippen molar-refractivity contribution in [3.63, 3.8) is 0 Å². The van der Waals surface area contributed by atoms with E-state index in [0.717, 1.165) is 11.3 Å². The van der Waals surface area contributed by atoms with Crippen LogP contribution in [0.3, 0.4) is 0 Å². The maximum absolute atomic E-state index is 12.0. The Morgan fingerprint density at radius 1 is 1.65 bits per heavy atom. The topological polar surface area (TPSA) is 88.2 Å². The Hall–Kier alpha value is -2.24. The fourth-order valence-corrected chi connectivity index (χ4v) is 1.56. The molecule has 0 unspecified atom stereocenters. The van der Waals surface area contributed by atoms with Crippen molar-refractivity contribution in [2.24, 2.45) is 0 Å². The van der Waals surface area contributed by atoms with Crippen molar-refractivity contribution < 1.29 is 9.21 Å². The summed E-state index contributed by atoms with van der Waals surface area (Å²) < 4.78 is 5.18. The first-order valence-corrected chi connectivity index (χ1v) is 5.17. The monoisotopic (exact) mass is 234 g/mol. The number of hydrogen-bond acceptors (Lipinski definition) is 4. The van der Waals surface area contributed by atoms with Gasteiger partial charge in [0.15, 0.2) is 0 Å². The molecule has 2 heterocycles. The van der Waals surface area contributed by atoms with E-state index in [2.05, 4.69) is 10.2 Å². The lowest BCUT2D eigenvalue weighted by Gasteiger charge is -2.15. The second kappa shape index (κ2) is 4.32. The van der Waals surface area contributed by atoms with Gasteiger partial charge < -0.3 is 15.1 Å². The molecule has 0 aromatic carbocycles. The fourth-order valence-electron chi connectivity index (χ4n) is 1.56. The Labute approximate surface area is 98.4 Å². The Morgan fingerprint density at radius 3 is 2.94 bits per heavy atom. The zero-order valence-corrected chi connectivity index (χ0v) is 9.73. The number of nitrogens with one attached hydrogen (secondary N) is 1. The highest BCUT2D eigenvalue weighted by atomic mass is 16.3. The zero-order chi connectivity index (χ0) is 12.4. The van der Waals surface area contributed by atoms with Crippen LogP contribution in [0.1, 0.15) is 21.8 Å². The maximum Gasteiger partial charge on any atom is 0.271 e. The molecule has 0 aliphatic carbocycles. The number of anilines is 1. The second-order valence-electron chi connectivity index (χ2n) is 3.87. The number of hydrogen-bond donors (Lipinski definition) is 2. The molecule has 6 nitrogen and oxygen atoms in total. The van der Waals surface area contributed by atoms with E-state index in [-0.39, 0.29) is 5.91 Å². The van der Waals surface area contributed by atoms with Gasteiger partial charge in [-0.25, -0.2) is 0 Å². The number of aromatic nitrogens is 2. The third-order valence-corrected chi connectivity index (χ3v) is 2.55. The number of nitrogen functional groups attached to an aromatic ring is 1. The van der Waals surface area contributed by atoms with Crippen molar-refractivity contribution in [1.29, 1.82) is 0 Å². The van der Waals surface area contributed by atoms with Gasteiger partial charge in [-0.3, -0.25) is 9.89 Å². The predicted octanol–water partition coefficient (Wildman–Crippen LogP) is 1.17. The third kappa shape index (κ3) is 2.30. The van der Waals surface area contributed by atoms with Gasteiger partial charge in [0, 0.05) is 25.2 Å². The van der Waals surface area contributed by atoms with Crippen molar-refractivity contribution in [2.45, 2.75) is 13.5 Å². The van der Waals surface area contributed by atoms with Crippen LogP contribution in [-0.4, -0.2) is 28.1 Å². The Balaban J connectivity index is 2.08. The van der Waals surface area contributed by atoms with E-state index in [9.17, 15) is 4.79 Å². The Bertz CT molecular complexity index is 529. The number of aromatic amines is 1. The van der Waals surface area contributed by atoms with Crippen molar-refractivity contribution in [2.75, 3.05) is 12.8 Å². The van der Waals surface area contributed by atoms with Gasteiger partial charge in [-0.15, -0.1) is 0 Å². The molecule has 2 aromatic rings. The molecule has 6 heteroatoms. The lowest BCUT2D eigenvalue weighted by atomic mass is 10.2. The summed E-state index contributed by atoms with van der Waals surface area (Å²) in [6, 6.07) is 3.36. The van der Waals surface area contributed by atoms with Crippen LogP contribution < -0.4 is 5.73 Å². The van der Waals surface area contributed by atoms with Crippen LogP contribution in [0.2, 0.25) is 0 Å². The van der Waals surface area contributed by atoms with Gasteiger partial charge in [-0.2, -0.15) is 5.10 Å². The average Bonchev–Trinajstić information content (AvgIpc) is 2.88. The van der Waals surface area contributed by atoms with Crippen molar-refractivity contribution >= 4 is 11.7 Å². The first-order chi connectivity index (χ1) is 8.08. The number of furan rings is 1. The van der Waals surface area contributed by atoms with E-state index in [0.29, 0.717) is 18.1 Å². The van der Waals surface area contributed by atoms with Crippen LogP contribution in [-0.2, 0) is 6.54 Å². The minimum atomic E-state index is -0.158. The molecule has 0 radical (unpaired) electrons. The number of carbonyl (C=O) groups excluding carboxylic acids is 1. The molecule has 0 saturated carbocycles. The Morgan fingerprint density at radius 2 is 2.41 bits per heavy atom. The van der Waals surface area contributed by atoms with Crippen LogP contribution in [0.4, 0.5) is 5.82 Å². The number of amides is 1. The molecule has 0 atom stereocenters. The van der Waals surface area contributed by atoms with Gasteiger partial charge in [0.1, 0.15) is 17.3 Å². The molecule has 0 spiro atoms. The molecule has 2 aromatic heterocycles. The van der Waals surface area contributed by atoms with E-state index in [1.54, 1.807) is 18.2 Å². The summed E-state index contributed by atoms with van der Waals surface area (Å²) in [5, 5.41) is 6.31. The molecule has 0 fully saturated rings. The van der Waals surface area contributed by atoms with E-state index in [4.69, 9.17) is 10.2 Å². The number of nitrogens with two attached hydrogens (primary N) is 1. The number of nitrogens with zero attached hydrogens (tertiary/aromatic N) is 2. The third-order valence-electron chi connectivity index (χ3n) is 2.55. The average molecular weight is 234 g/mol. The van der Waals surface area contributed by atoms with Gasteiger partial charge >= 0.3 is 0 Å². The highest BCUT2D eigenvalue weighted by molar-refractivity contribution is 5.92. The highest BCUT2D eigenvalue weighted by Gasteiger charge is 2.15. The van der Waals surface area contributed by atoms with E-state index < -0.39 is 0 Å². The molecule has 3 N–H and O–H groups in total. The number of H-pyrrole nitrogens is 1. The van der Waals surface area contributed by atoms with E-state index in [1.807, 2.05) is 13.0 Å². The lowest BCUT2D eigenvalue weighted by Crippen LogP contribution is -2.26. The largest absolute Gasteiger partial charge is 0.469 e. The normalized spacial score (nSPS) is 10.5. The van der Waals surface area contributed by atoms with Crippen LogP contribution in [0.15, 0.2) is 22.8 Å². The summed E-state index contributed by atoms with van der Waals surface area (Å²) in [5.74, 6) is 0.963. The zero-order valence-electron chi connectivity index (χ0n) is 9.73. The van der Waals surface area contributed by atoms with Crippen LogP contribution >= 0.6 is 0 Å². The quantitative estimate of drug-likeness (QED) is 0.834. The molecule has 0 aliphatic rings. The standard InChI is InChI=1S/C11H14N4O2/c1-7-8(3-4-17-7)6-15(2)11(16)9-5-10(12)14-13-9/h3-5H,6H2,1-2H3,(H3,12,13,14). The summed E-state index contributed by atoms with van der Waals surface area (Å²) in [7, 11) is 1.71. The summed E-state index contributed by atoms with van der Waals surface area (Å²) in [4.78, 5) is 13.5. The fraction of sp³-hybridized carbons (Fsp3) is 0.273. The van der Waals surface area contributed by atoms with Gasteiger partial charge in [0.05, 0.1) is 6.26 Å². The van der Waals surface area contributed by atoms with E-state index in [1.165, 1.54) is 6.07 Å². The first-order valence-electron chi connectivity index (χ1n) is 5.17. The first kappa shape index (κ1) is 11.3. The molecule has 2 rings (SSSR count). The van der Waals surface area contributed by atoms with Crippen LogP contribution in [0, 0.1) is 6.92 Å². The molecule has 17 heavy (non-hydrogen) atoms. The number of carbonyl (C=O) groups is 1. The highest BCUT2D eigenvalue weighted by Crippen LogP contribution is 2.13. The van der Waals surface area contributed by atoms with Crippen molar-refractivity contribution in [3.8, 4) is 0 Å². The molecule has 0 bridgehead atoms.